The molecule has 1 N–H and O–H groups in total. The molecule has 2 rings (SSSR count). The van der Waals surface area contributed by atoms with E-state index in [0.717, 1.165) is 19.5 Å². The molecular formula is C9H15F3N2. The predicted molar refractivity (Wildman–Crippen MR) is 47.1 cm³/mol. The topological polar surface area (TPSA) is 15.3 Å². The minimum Gasteiger partial charge on any atom is -0.305 e. The molecule has 2 fully saturated rings. The van der Waals surface area contributed by atoms with E-state index < -0.39 is 11.7 Å². The zero-order valence-electron chi connectivity index (χ0n) is 8.19. The third-order valence-electron chi connectivity index (χ3n) is 3.16. The van der Waals surface area contributed by atoms with E-state index in [4.69, 9.17) is 0 Å². The highest BCUT2D eigenvalue weighted by Gasteiger charge is 2.63. The van der Waals surface area contributed by atoms with Crippen LogP contribution >= 0.6 is 0 Å². The van der Waals surface area contributed by atoms with Crippen LogP contribution in [0.4, 0.5) is 13.2 Å². The van der Waals surface area contributed by atoms with Gasteiger partial charge in [-0.3, -0.25) is 5.32 Å². The Bertz CT molecular complexity index is 223. The van der Waals surface area contributed by atoms with Gasteiger partial charge in [0.1, 0.15) is 5.54 Å². The van der Waals surface area contributed by atoms with Crippen LogP contribution in [0.2, 0.25) is 0 Å². The second-order valence-electron chi connectivity index (χ2n) is 4.47. The van der Waals surface area contributed by atoms with E-state index in [1.54, 1.807) is 0 Å². The zero-order chi connectivity index (χ0) is 10.4. The number of nitrogens with one attached hydrogen (secondary N) is 1. The molecule has 5 heteroatoms. The monoisotopic (exact) mass is 208 g/mol. The Balaban J connectivity index is 1.92. The molecule has 1 heterocycles. The highest BCUT2D eigenvalue weighted by Crippen LogP contribution is 2.49. The van der Waals surface area contributed by atoms with Crippen molar-refractivity contribution in [1.82, 2.24) is 10.2 Å². The molecule has 1 unspecified atom stereocenters. The van der Waals surface area contributed by atoms with Gasteiger partial charge in [0.2, 0.25) is 0 Å². The minimum absolute atomic E-state index is 0.0177. The van der Waals surface area contributed by atoms with Crippen molar-refractivity contribution < 1.29 is 13.2 Å². The smallest absolute Gasteiger partial charge is 0.305 e. The summed E-state index contributed by atoms with van der Waals surface area (Å²) in [5, 5.41) is 2.77. The maximum Gasteiger partial charge on any atom is 0.406 e. The maximum atomic E-state index is 12.6. The van der Waals surface area contributed by atoms with Gasteiger partial charge in [0, 0.05) is 12.6 Å². The van der Waals surface area contributed by atoms with Gasteiger partial charge < -0.3 is 4.90 Å². The first kappa shape index (κ1) is 10.2. The molecule has 1 saturated carbocycles. The van der Waals surface area contributed by atoms with Gasteiger partial charge in [0.15, 0.2) is 0 Å². The Morgan fingerprint density at radius 3 is 2.36 bits per heavy atom. The van der Waals surface area contributed by atoms with Crippen molar-refractivity contribution in [2.75, 3.05) is 20.1 Å². The van der Waals surface area contributed by atoms with Crippen LogP contribution in [-0.2, 0) is 0 Å². The number of hydrogen-bond donors (Lipinski definition) is 1. The molecule has 0 spiro atoms. The number of nitrogens with zero attached hydrogens (tertiary/aromatic N) is 1. The fraction of sp³-hybridized carbons (Fsp3) is 1.00. The Morgan fingerprint density at radius 1 is 1.36 bits per heavy atom. The van der Waals surface area contributed by atoms with E-state index >= 15 is 0 Å². The summed E-state index contributed by atoms with van der Waals surface area (Å²) in [4.78, 5) is 2.06. The number of alkyl halides is 3. The first-order chi connectivity index (χ1) is 6.43. The number of likely N-dealkylation sites (tertiary alicyclic amines) is 1. The lowest BCUT2D eigenvalue weighted by Crippen LogP contribution is -2.50. The summed E-state index contributed by atoms with van der Waals surface area (Å²) in [6.07, 6.45) is -2.75. The third kappa shape index (κ3) is 1.75. The van der Waals surface area contributed by atoms with Gasteiger partial charge in [-0.2, -0.15) is 13.2 Å². The average molecular weight is 208 g/mol. The third-order valence-corrected chi connectivity index (χ3v) is 3.16. The van der Waals surface area contributed by atoms with Crippen molar-refractivity contribution in [3.8, 4) is 0 Å². The summed E-state index contributed by atoms with van der Waals surface area (Å²) >= 11 is 0. The fourth-order valence-electron chi connectivity index (χ4n) is 2.08. The number of likely N-dealkylation sites (N-methyl/N-ethyl adjacent to an activating group) is 1. The van der Waals surface area contributed by atoms with Crippen molar-refractivity contribution in [1.29, 1.82) is 0 Å². The van der Waals surface area contributed by atoms with Crippen molar-refractivity contribution in [2.24, 2.45) is 0 Å². The Hall–Kier alpha value is -0.290. The average Bonchev–Trinajstić information content (AvgIpc) is 2.71. The lowest BCUT2D eigenvalue weighted by molar-refractivity contribution is -0.167. The van der Waals surface area contributed by atoms with Crippen LogP contribution in [0.3, 0.4) is 0 Å². The quantitative estimate of drug-likeness (QED) is 0.737. The Labute approximate surface area is 81.5 Å². The molecule has 1 atom stereocenters. The highest BCUT2D eigenvalue weighted by atomic mass is 19.4. The standard InChI is InChI=1S/C9H15F3N2/c1-14-5-2-7(6-14)13-8(3-4-8)9(10,11)12/h7,13H,2-6H2,1H3. The fourth-order valence-corrected chi connectivity index (χ4v) is 2.08. The summed E-state index contributed by atoms with van der Waals surface area (Å²) in [5.74, 6) is 0. The molecule has 0 radical (unpaired) electrons. The van der Waals surface area contributed by atoms with E-state index in [2.05, 4.69) is 10.2 Å². The van der Waals surface area contributed by atoms with Crippen LogP contribution in [0.15, 0.2) is 0 Å². The summed E-state index contributed by atoms with van der Waals surface area (Å²) in [6, 6.07) is 0.0177. The van der Waals surface area contributed by atoms with Crippen molar-refractivity contribution in [3.05, 3.63) is 0 Å². The summed E-state index contributed by atoms with van der Waals surface area (Å²) in [7, 11) is 1.94. The van der Waals surface area contributed by atoms with Gasteiger partial charge in [-0.1, -0.05) is 0 Å². The molecule has 2 nitrogen and oxygen atoms in total. The van der Waals surface area contributed by atoms with E-state index in [-0.39, 0.29) is 18.9 Å². The van der Waals surface area contributed by atoms with Gasteiger partial charge in [-0.15, -0.1) is 0 Å². The number of hydrogen-bond acceptors (Lipinski definition) is 2. The molecule has 0 aromatic heterocycles. The largest absolute Gasteiger partial charge is 0.406 e. The van der Waals surface area contributed by atoms with Gasteiger partial charge in [0.05, 0.1) is 0 Å². The van der Waals surface area contributed by atoms with Crippen LogP contribution in [0, 0.1) is 0 Å². The molecular weight excluding hydrogens is 193 g/mol. The second-order valence-corrected chi connectivity index (χ2v) is 4.47. The molecule has 0 aromatic rings. The van der Waals surface area contributed by atoms with Crippen molar-refractivity contribution in [3.63, 3.8) is 0 Å². The van der Waals surface area contributed by atoms with E-state index in [0.29, 0.717) is 0 Å². The molecule has 1 aliphatic carbocycles. The summed E-state index contributed by atoms with van der Waals surface area (Å²) in [6.45, 7) is 1.63. The number of halogens is 3. The van der Waals surface area contributed by atoms with Gasteiger partial charge in [-0.25, -0.2) is 0 Å². The number of rotatable bonds is 2. The first-order valence-corrected chi connectivity index (χ1v) is 4.96. The molecule has 0 aromatic carbocycles. The van der Waals surface area contributed by atoms with Crippen LogP contribution in [-0.4, -0.2) is 42.8 Å². The van der Waals surface area contributed by atoms with Crippen LogP contribution in [0.1, 0.15) is 19.3 Å². The molecule has 1 aliphatic heterocycles. The van der Waals surface area contributed by atoms with Gasteiger partial charge in [-0.05, 0) is 32.9 Å². The predicted octanol–water partition coefficient (Wildman–Crippen LogP) is 1.38. The molecule has 1 saturated heterocycles. The van der Waals surface area contributed by atoms with Crippen LogP contribution in [0.5, 0.6) is 0 Å². The molecule has 14 heavy (non-hydrogen) atoms. The van der Waals surface area contributed by atoms with Crippen LogP contribution < -0.4 is 5.32 Å². The first-order valence-electron chi connectivity index (χ1n) is 4.96. The zero-order valence-corrected chi connectivity index (χ0v) is 8.19. The SMILES string of the molecule is CN1CCC(NC2(C(F)(F)F)CC2)C1. The highest BCUT2D eigenvalue weighted by molar-refractivity contribution is 5.09. The normalized spacial score (nSPS) is 32.1. The van der Waals surface area contributed by atoms with Crippen molar-refractivity contribution in [2.45, 2.75) is 37.0 Å². The van der Waals surface area contributed by atoms with Crippen LogP contribution in [0.25, 0.3) is 0 Å². The minimum atomic E-state index is -4.08. The maximum absolute atomic E-state index is 12.6. The van der Waals surface area contributed by atoms with E-state index in [1.165, 1.54) is 0 Å². The van der Waals surface area contributed by atoms with E-state index in [9.17, 15) is 13.2 Å². The lowest BCUT2D eigenvalue weighted by atomic mass is 10.2. The van der Waals surface area contributed by atoms with Gasteiger partial charge >= 0.3 is 6.18 Å². The summed E-state index contributed by atoms with van der Waals surface area (Å²) in [5.41, 5.74) is -1.54. The van der Waals surface area contributed by atoms with Gasteiger partial charge in [0.25, 0.3) is 0 Å². The second kappa shape index (κ2) is 3.10. The summed E-state index contributed by atoms with van der Waals surface area (Å²) < 4.78 is 37.7. The lowest BCUT2D eigenvalue weighted by Gasteiger charge is -2.24. The molecule has 0 amide bonds. The Kier molecular flexibility index (Phi) is 2.27. The van der Waals surface area contributed by atoms with Crippen molar-refractivity contribution >= 4 is 0 Å². The molecule has 0 bridgehead atoms. The Morgan fingerprint density at radius 2 is 2.00 bits per heavy atom. The molecule has 82 valence electrons. The van der Waals surface area contributed by atoms with E-state index in [1.807, 2.05) is 7.05 Å². The molecule has 2 aliphatic rings.